The van der Waals surface area contributed by atoms with Gasteiger partial charge in [0.1, 0.15) is 23.8 Å². The third-order valence-electron chi connectivity index (χ3n) is 4.66. The van der Waals surface area contributed by atoms with Crippen molar-refractivity contribution in [1.82, 2.24) is 0 Å². The van der Waals surface area contributed by atoms with Gasteiger partial charge in [0.15, 0.2) is 13.2 Å². The maximum Gasteiger partial charge on any atom is 0.326 e. The third-order valence-corrected chi connectivity index (χ3v) is 4.97. The Hall–Kier alpha value is -4.04. The summed E-state index contributed by atoms with van der Waals surface area (Å²) in [5, 5.41) is 3.11. The number of carbonyl (C=O) groups excluding carboxylic acids is 3. The summed E-state index contributed by atoms with van der Waals surface area (Å²) < 4.78 is 16.1. The van der Waals surface area contributed by atoms with Crippen LogP contribution in [0.4, 0.5) is 11.4 Å². The maximum absolute atomic E-state index is 12.2. The first-order valence-corrected chi connectivity index (χ1v) is 10.4. The van der Waals surface area contributed by atoms with Crippen LogP contribution < -0.4 is 19.7 Å². The molecule has 2 amide bonds. The average Bonchev–Trinajstić information content (AvgIpc) is 2.82. The van der Waals surface area contributed by atoms with Crippen molar-refractivity contribution in [2.24, 2.45) is 0 Å². The second kappa shape index (κ2) is 10.1. The number of nitrogens with zero attached hydrogens (tertiary/aromatic N) is 1. The van der Waals surface area contributed by atoms with Crippen molar-refractivity contribution < 1.29 is 28.6 Å². The first-order chi connectivity index (χ1) is 16.0. The van der Waals surface area contributed by atoms with Gasteiger partial charge in [0.05, 0.1) is 10.7 Å². The van der Waals surface area contributed by atoms with Gasteiger partial charge >= 0.3 is 5.97 Å². The Morgan fingerprint density at radius 1 is 1.00 bits per heavy atom. The number of rotatable bonds is 7. The second-order valence-electron chi connectivity index (χ2n) is 7.00. The molecular weight excluding hydrogens is 448 g/mol. The van der Waals surface area contributed by atoms with E-state index in [4.69, 9.17) is 25.8 Å². The highest BCUT2D eigenvalue weighted by Gasteiger charge is 2.27. The highest BCUT2D eigenvalue weighted by molar-refractivity contribution is 6.32. The number of amides is 2. The minimum Gasteiger partial charge on any atom is -0.482 e. The summed E-state index contributed by atoms with van der Waals surface area (Å²) in [6, 6.07) is 20.6. The highest BCUT2D eigenvalue weighted by atomic mass is 35.5. The van der Waals surface area contributed by atoms with E-state index in [1.54, 1.807) is 66.7 Å². The van der Waals surface area contributed by atoms with Crippen LogP contribution in [0, 0.1) is 0 Å². The normalized spacial score (nSPS) is 12.4. The molecule has 8 nitrogen and oxygen atoms in total. The lowest BCUT2D eigenvalue weighted by Crippen LogP contribution is -2.42. The quantitative estimate of drug-likeness (QED) is 0.528. The standard InChI is InChI=1S/C24H19ClN2O6/c25-18-5-1-3-7-20(18)33-17-11-9-16(10-12-17)26-22(28)14-32-24(30)13-27-19-6-2-4-8-21(19)31-15-23(27)29/h1-12H,13-15H2,(H,26,28). The minimum absolute atomic E-state index is 0.166. The van der Waals surface area contributed by atoms with Crippen LogP contribution in [-0.2, 0) is 19.1 Å². The molecule has 3 aromatic carbocycles. The molecule has 0 saturated carbocycles. The topological polar surface area (TPSA) is 94.2 Å². The Morgan fingerprint density at radius 2 is 1.73 bits per heavy atom. The number of hydrogen-bond donors (Lipinski definition) is 1. The van der Waals surface area contributed by atoms with Crippen LogP contribution in [0.25, 0.3) is 0 Å². The van der Waals surface area contributed by atoms with Gasteiger partial charge in [0.25, 0.3) is 11.8 Å². The molecule has 1 aliphatic heterocycles. The van der Waals surface area contributed by atoms with E-state index in [1.807, 2.05) is 6.07 Å². The molecule has 33 heavy (non-hydrogen) atoms. The Balaban J connectivity index is 1.27. The molecule has 3 aromatic rings. The van der Waals surface area contributed by atoms with Crippen LogP contribution in [0.3, 0.4) is 0 Å². The molecule has 1 aliphatic rings. The smallest absolute Gasteiger partial charge is 0.326 e. The maximum atomic E-state index is 12.2. The van der Waals surface area contributed by atoms with Crippen LogP contribution in [-0.4, -0.2) is 37.5 Å². The monoisotopic (exact) mass is 466 g/mol. The third kappa shape index (κ3) is 5.61. The summed E-state index contributed by atoms with van der Waals surface area (Å²) in [6.45, 7) is -0.974. The van der Waals surface area contributed by atoms with Crippen molar-refractivity contribution >= 4 is 40.8 Å². The molecule has 0 aliphatic carbocycles. The van der Waals surface area contributed by atoms with Gasteiger partial charge in [-0.15, -0.1) is 0 Å². The number of halogens is 1. The van der Waals surface area contributed by atoms with Crippen molar-refractivity contribution in [3.63, 3.8) is 0 Å². The average molecular weight is 467 g/mol. The molecule has 1 heterocycles. The summed E-state index contributed by atoms with van der Waals surface area (Å²) in [5.74, 6) is -0.0263. The van der Waals surface area contributed by atoms with Crippen molar-refractivity contribution in [1.29, 1.82) is 0 Å². The van der Waals surface area contributed by atoms with Crippen LogP contribution in [0.2, 0.25) is 5.02 Å². The van der Waals surface area contributed by atoms with Crippen molar-refractivity contribution in [2.75, 3.05) is 30.0 Å². The van der Waals surface area contributed by atoms with Crippen LogP contribution in [0.1, 0.15) is 0 Å². The summed E-state index contributed by atoms with van der Waals surface area (Å²) in [4.78, 5) is 37.8. The Morgan fingerprint density at radius 3 is 2.52 bits per heavy atom. The fourth-order valence-corrected chi connectivity index (χ4v) is 3.28. The molecule has 1 N–H and O–H groups in total. The number of benzene rings is 3. The molecule has 0 bridgehead atoms. The van der Waals surface area contributed by atoms with E-state index in [-0.39, 0.29) is 19.1 Å². The van der Waals surface area contributed by atoms with Gasteiger partial charge in [0, 0.05) is 5.69 Å². The molecule has 0 fully saturated rings. The SMILES string of the molecule is O=C(COC(=O)CN1C(=O)COc2ccccc21)Nc1ccc(Oc2ccccc2Cl)cc1. The zero-order valence-corrected chi connectivity index (χ0v) is 18.1. The van der Waals surface area contributed by atoms with Gasteiger partial charge < -0.3 is 19.5 Å². The first kappa shape index (κ1) is 22.2. The second-order valence-corrected chi connectivity index (χ2v) is 7.41. The summed E-state index contributed by atoms with van der Waals surface area (Å²) >= 11 is 6.08. The minimum atomic E-state index is -0.710. The Labute approximate surface area is 194 Å². The lowest BCUT2D eigenvalue weighted by atomic mass is 10.2. The van der Waals surface area contributed by atoms with Crippen LogP contribution in [0.15, 0.2) is 72.8 Å². The number of carbonyl (C=O) groups is 3. The summed E-state index contributed by atoms with van der Waals surface area (Å²) in [7, 11) is 0. The molecule has 4 rings (SSSR count). The molecule has 9 heteroatoms. The van der Waals surface area contributed by atoms with E-state index in [0.29, 0.717) is 33.6 Å². The van der Waals surface area contributed by atoms with Gasteiger partial charge in [-0.2, -0.15) is 0 Å². The predicted molar refractivity (Wildman–Crippen MR) is 122 cm³/mol. The zero-order valence-electron chi connectivity index (χ0n) is 17.3. The van der Waals surface area contributed by atoms with E-state index in [1.165, 1.54) is 4.90 Å². The molecule has 0 aromatic heterocycles. The van der Waals surface area contributed by atoms with Crippen molar-refractivity contribution in [3.05, 3.63) is 77.8 Å². The lowest BCUT2D eigenvalue weighted by Gasteiger charge is -2.28. The molecule has 0 radical (unpaired) electrons. The Kier molecular flexibility index (Phi) is 6.75. The zero-order chi connectivity index (χ0) is 23.2. The number of para-hydroxylation sites is 3. The Bertz CT molecular complexity index is 1180. The number of nitrogens with one attached hydrogen (secondary N) is 1. The van der Waals surface area contributed by atoms with Gasteiger partial charge in [-0.1, -0.05) is 35.9 Å². The number of ether oxygens (including phenoxy) is 3. The largest absolute Gasteiger partial charge is 0.482 e. The first-order valence-electron chi connectivity index (χ1n) is 10.00. The highest BCUT2D eigenvalue weighted by Crippen LogP contribution is 2.31. The van der Waals surface area contributed by atoms with Gasteiger partial charge in [-0.25, -0.2) is 0 Å². The predicted octanol–water partition coefficient (Wildman–Crippen LogP) is 4.04. The summed E-state index contributed by atoms with van der Waals surface area (Å²) in [6.07, 6.45) is 0. The van der Waals surface area contributed by atoms with Crippen molar-refractivity contribution in [2.45, 2.75) is 0 Å². The molecule has 0 spiro atoms. The van der Waals surface area contributed by atoms with E-state index < -0.39 is 18.5 Å². The fraction of sp³-hybridized carbons (Fsp3) is 0.125. The van der Waals surface area contributed by atoms with Gasteiger partial charge in [-0.3, -0.25) is 19.3 Å². The molecular formula is C24H19ClN2O6. The van der Waals surface area contributed by atoms with E-state index in [2.05, 4.69) is 5.32 Å². The van der Waals surface area contributed by atoms with Crippen LogP contribution >= 0.6 is 11.6 Å². The molecule has 0 saturated heterocycles. The van der Waals surface area contributed by atoms with E-state index in [0.717, 1.165) is 0 Å². The molecule has 0 unspecified atom stereocenters. The molecule has 0 atom stereocenters. The summed E-state index contributed by atoms with van der Waals surface area (Å²) in [5.41, 5.74) is 0.981. The van der Waals surface area contributed by atoms with Crippen LogP contribution in [0.5, 0.6) is 17.2 Å². The van der Waals surface area contributed by atoms with Crippen molar-refractivity contribution in [3.8, 4) is 17.2 Å². The number of anilines is 2. The number of esters is 1. The van der Waals surface area contributed by atoms with Gasteiger partial charge in [-0.05, 0) is 48.5 Å². The van der Waals surface area contributed by atoms with Gasteiger partial charge in [0.2, 0.25) is 0 Å². The number of hydrogen-bond acceptors (Lipinski definition) is 6. The molecule has 168 valence electrons. The lowest BCUT2D eigenvalue weighted by molar-refractivity contribution is -0.146. The number of fused-ring (bicyclic) bond motifs is 1. The van der Waals surface area contributed by atoms with E-state index >= 15 is 0 Å². The van der Waals surface area contributed by atoms with E-state index in [9.17, 15) is 14.4 Å². The fourth-order valence-electron chi connectivity index (χ4n) is 3.11.